The number of methoxy groups -OCH3 is 1. The average Bonchev–Trinajstić information content (AvgIpc) is 3.62. The molecule has 0 aliphatic heterocycles. The number of carbonyl (C=O) groups is 1. The van der Waals surface area contributed by atoms with Gasteiger partial charge in [0, 0.05) is 46.8 Å². The molecule has 2 aromatic carbocycles. The summed E-state index contributed by atoms with van der Waals surface area (Å²) in [4.78, 5) is 24.4. The van der Waals surface area contributed by atoms with Crippen molar-refractivity contribution in [2.45, 2.75) is 45.2 Å². The van der Waals surface area contributed by atoms with Crippen LogP contribution in [-0.4, -0.2) is 50.4 Å². The number of carbonyl (C=O) groups excluding carboxylic acids is 1. The Bertz CT molecular complexity index is 1450. The van der Waals surface area contributed by atoms with Gasteiger partial charge >= 0.3 is 6.03 Å². The van der Waals surface area contributed by atoms with Crippen molar-refractivity contribution in [3.05, 3.63) is 76.5 Å². The summed E-state index contributed by atoms with van der Waals surface area (Å²) in [5.74, 6) is 1.82. The number of hydrogen-bond donors (Lipinski definition) is 1. The van der Waals surface area contributed by atoms with Crippen LogP contribution in [0.1, 0.15) is 31.2 Å². The lowest BCUT2D eigenvalue weighted by Gasteiger charge is -2.29. The van der Waals surface area contributed by atoms with Crippen LogP contribution in [0.2, 0.25) is 10.0 Å². The number of nitrogens with zero attached hydrogens (tertiary/aromatic N) is 5. The Kier molecular flexibility index (Phi) is 8.33. The summed E-state index contributed by atoms with van der Waals surface area (Å²) in [6, 6.07) is 14.8. The number of rotatable bonds is 8. The van der Waals surface area contributed by atoms with Gasteiger partial charge in [0.05, 0.1) is 18.7 Å². The van der Waals surface area contributed by atoms with Crippen molar-refractivity contribution >= 4 is 34.9 Å². The monoisotopic (exact) mass is 564 g/mol. The Balaban J connectivity index is 1.45. The fourth-order valence-corrected chi connectivity index (χ4v) is 5.35. The van der Waals surface area contributed by atoms with Crippen LogP contribution in [0, 0.1) is 6.92 Å². The highest BCUT2D eigenvalue weighted by Crippen LogP contribution is 2.31. The number of aryl methyl sites for hydroxylation is 1. The number of hydrogen-bond acceptors (Lipinski definition) is 5. The predicted octanol–water partition coefficient (Wildman–Crippen LogP) is 7.11. The minimum Gasteiger partial charge on any atom is -0.495 e. The van der Waals surface area contributed by atoms with Crippen LogP contribution in [0.25, 0.3) is 22.8 Å². The number of halogens is 2. The molecule has 10 heteroatoms. The van der Waals surface area contributed by atoms with Gasteiger partial charge < -0.3 is 15.0 Å². The molecule has 1 fully saturated rings. The summed E-state index contributed by atoms with van der Waals surface area (Å²) in [6.45, 7) is 2.87. The lowest BCUT2D eigenvalue weighted by atomic mass is 10.2. The number of pyridine rings is 1. The molecule has 0 spiro atoms. The Morgan fingerprint density at radius 1 is 1.08 bits per heavy atom. The van der Waals surface area contributed by atoms with E-state index in [0.29, 0.717) is 46.2 Å². The molecule has 0 unspecified atom stereocenters. The Morgan fingerprint density at radius 3 is 2.56 bits per heavy atom. The SMILES string of the molecule is COc1ccc(-c2nc(-c3ccncc3)nn2CCN(C(=O)Nc2cc(Cl)ccc2C)C2CCCC2)cc1Cl. The second-order valence-electron chi connectivity index (χ2n) is 9.59. The number of amides is 2. The van der Waals surface area contributed by atoms with Gasteiger partial charge in [-0.1, -0.05) is 42.1 Å². The molecule has 1 N–H and O–H groups in total. The minimum absolute atomic E-state index is 0.143. The molecule has 2 aromatic heterocycles. The Labute approximate surface area is 237 Å². The van der Waals surface area contributed by atoms with Crippen molar-refractivity contribution in [2.75, 3.05) is 19.0 Å². The second-order valence-corrected chi connectivity index (χ2v) is 10.4. The topological polar surface area (TPSA) is 85.2 Å². The normalized spacial score (nSPS) is 13.4. The third-order valence-electron chi connectivity index (χ3n) is 7.04. The standard InChI is InChI=1S/C29H30Cl2N6O2/c1-19-7-9-22(30)18-25(19)33-29(38)36(23-5-3-4-6-23)15-16-37-28(21-8-10-26(39-2)24(31)17-21)34-27(35-37)20-11-13-32-14-12-20/h7-14,17-18,23H,3-6,15-16H2,1-2H3,(H,33,38). The highest BCUT2D eigenvalue weighted by atomic mass is 35.5. The molecule has 8 nitrogen and oxygen atoms in total. The molecule has 0 radical (unpaired) electrons. The summed E-state index contributed by atoms with van der Waals surface area (Å²) < 4.78 is 7.17. The highest BCUT2D eigenvalue weighted by molar-refractivity contribution is 6.32. The third kappa shape index (κ3) is 6.18. The third-order valence-corrected chi connectivity index (χ3v) is 7.57. The number of urea groups is 1. The largest absolute Gasteiger partial charge is 0.495 e. The molecule has 202 valence electrons. The smallest absolute Gasteiger partial charge is 0.322 e. The molecule has 0 bridgehead atoms. The highest BCUT2D eigenvalue weighted by Gasteiger charge is 2.27. The van der Waals surface area contributed by atoms with E-state index in [-0.39, 0.29) is 12.1 Å². The van der Waals surface area contributed by atoms with Crippen molar-refractivity contribution in [1.29, 1.82) is 0 Å². The first kappa shape index (κ1) is 27.0. The zero-order chi connectivity index (χ0) is 27.4. The summed E-state index contributed by atoms with van der Waals surface area (Å²) in [6.07, 6.45) is 7.59. The van der Waals surface area contributed by atoms with Gasteiger partial charge in [-0.05, 0) is 67.8 Å². The summed E-state index contributed by atoms with van der Waals surface area (Å²) in [7, 11) is 1.58. The van der Waals surface area contributed by atoms with E-state index in [2.05, 4.69) is 10.3 Å². The average molecular weight is 566 g/mol. The number of nitrogens with one attached hydrogen (secondary N) is 1. The molecule has 1 aliphatic rings. The van der Waals surface area contributed by atoms with Crippen molar-refractivity contribution < 1.29 is 9.53 Å². The maximum Gasteiger partial charge on any atom is 0.322 e. The summed E-state index contributed by atoms with van der Waals surface area (Å²) in [5, 5.41) is 8.97. The molecule has 2 amide bonds. The maximum absolute atomic E-state index is 13.6. The minimum atomic E-state index is -0.143. The van der Waals surface area contributed by atoms with Crippen LogP contribution in [0.5, 0.6) is 5.75 Å². The van der Waals surface area contributed by atoms with Gasteiger partial charge in [-0.3, -0.25) is 4.98 Å². The van der Waals surface area contributed by atoms with Gasteiger partial charge in [0.1, 0.15) is 5.75 Å². The van der Waals surface area contributed by atoms with Crippen molar-refractivity contribution in [3.63, 3.8) is 0 Å². The van der Waals surface area contributed by atoms with E-state index in [4.69, 9.17) is 38.0 Å². The van der Waals surface area contributed by atoms with E-state index in [1.54, 1.807) is 25.6 Å². The number of ether oxygens (including phenoxy) is 1. The Hall–Kier alpha value is -3.62. The van der Waals surface area contributed by atoms with E-state index >= 15 is 0 Å². The number of aromatic nitrogens is 4. The second kappa shape index (κ2) is 12.1. The van der Waals surface area contributed by atoms with E-state index in [1.165, 1.54) is 0 Å². The van der Waals surface area contributed by atoms with Gasteiger partial charge in [-0.25, -0.2) is 14.5 Å². The van der Waals surface area contributed by atoms with Gasteiger partial charge in [0.2, 0.25) is 0 Å². The van der Waals surface area contributed by atoms with E-state index in [1.807, 2.05) is 59.0 Å². The maximum atomic E-state index is 13.6. The molecular weight excluding hydrogens is 535 g/mol. The zero-order valence-corrected chi connectivity index (χ0v) is 23.4. The lowest BCUT2D eigenvalue weighted by Crippen LogP contribution is -2.43. The van der Waals surface area contributed by atoms with Crippen LogP contribution in [-0.2, 0) is 6.54 Å². The molecule has 5 rings (SSSR count). The van der Waals surface area contributed by atoms with E-state index in [0.717, 1.165) is 42.4 Å². The zero-order valence-electron chi connectivity index (χ0n) is 21.9. The van der Waals surface area contributed by atoms with Crippen LogP contribution in [0.15, 0.2) is 60.9 Å². The molecule has 2 heterocycles. The summed E-state index contributed by atoms with van der Waals surface area (Å²) >= 11 is 12.7. The fourth-order valence-electron chi connectivity index (χ4n) is 4.92. The molecule has 1 saturated carbocycles. The van der Waals surface area contributed by atoms with E-state index in [9.17, 15) is 4.79 Å². The Morgan fingerprint density at radius 2 is 1.85 bits per heavy atom. The fraction of sp³-hybridized carbons (Fsp3) is 0.310. The predicted molar refractivity (Wildman–Crippen MR) is 154 cm³/mol. The van der Waals surface area contributed by atoms with Gasteiger partial charge in [-0.2, -0.15) is 5.10 Å². The molecule has 0 atom stereocenters. The molecule has 0 saturated heterocycles. The number of anilines is 1. The van der Waals surface area contributed by atoms with Gasteiger partial charge in [0.15, 0.2) is 11.6 Å². The first-order chi connectivity index (χ1) is 18.9. The molecule has 4 aromatic rings. The lowest BCUT2D eigenvalue weighted by molar-refractivity contribution is 0.184. The quantitative estimate of drug-likeness (QED) is 0.246. The molecule has 1 aliphatic carbocycles. The van der Waals surface area contributed by atoms with Crippen LogP contribution in [0.4, 0.5) is 10.5 Å². The first-order valence-corrected chi connectivity index (χ1v) is 13.7. The first-order valence-electron chi connectivity index (χ1n) is 13.0. The van der Waals surface area contributed by atoms with Crippen LogP contribution < -0.4 is 10.1 Å². The van der Waals surface area contributed by atoms with Crippen molar-refractivity contribution in [3.8, 4) is 28.5 Å². The van der Waals surface area contributed by atoms with Crippen molar-refractivity contribution in [2.24, 2.45) is 0 Å². The summed E-state index contributed by atoms with van der Waals surface area (Å²) in [5.41, 5.74) is 3.33. The number of benzene rings is 2. The molecule has 39 heavy (non-hydrogen) atoms. The van der Waals surface area contributed by atoms with Gasteiger partial charge in [0.25, 0.3) is 0 Å². The van der Waals surface area contributed by atoms with Crippen LogP contribution in [0.3, 0.4) is 0 Å². The molecular formula is C29H30Cl2N6O2. The van der Waals surface area contributed by atoms with Gasteiger partial charge in [-0.15, -0.1) is 0 Å². The van der Waals surface area contributed by atoms with E-state index < -0.39 is 0 Å². The van der Waals surface area contributed by atoms with Crippen LogP contribution >= 0.6 is 23.2 Å². The van der Waals surface area contributed by atoms with Crippen molar-refractivity contribution in [1.82, 2.24) is 24.6 Å².